The van der Waals surface area contributed by atoms with Crippen molar-refractivity contribution in [3.8, 4) is 0 Å². The van der Waals surface area contributed by atoms with Crippen molar-refractivity contribution in [2.75, 3.05) is 0 Å². The molecule has 1 aromatic heterocycles. The molecule has 7 heteroatoms. The minimum absolute atomic E-state index is 0.586. The van der Waals surface area contributed by atoms with Crippen molar-refractivity contribution in [3.63, 3.8) is 0 Å². The summed E-state index contributed by atoms with van der Waals surface area (Å²) >= 11 is 0. The zero-order chi connectivity index (χ0) is 8.43. The fraction of sp³-hybridized carbons (Fsp3) is 0. The lowest BCUT2D eigenvalue weighted by molar-refractivity contribution is 0.0644. The molecule has 1 rings (SSSR count). The highest BCUT2D eigenvalue weighted by atomic mass is 16.4. The third-order valence-corrected chi connectivity index (χ3v) is 0.953. The fourth-order valence-electron chi connectivity index (χ4n) is 0.529. The first-order valence-corrected chi connectivity index (χ1v) is 2.50. The molecule has 0 amide bonds. The second kappa shape index (κ2) is 2.37. The molecule has 1 heterocycles. The molecule has 0 aliphatic carbocycles. The molecule has 0 unspecified atom stereocenters. The lowest BCUT2D eigenvalue weighted by Crippen LogP contribution is -2.07. The number of carbonyl (C=O) groups is 2. The predicted molar refractivity (Wildman–Crippen MR) is 30.3 cm³/mol. The highest BCUT2D eigenvalue weighted by Gasteiger charge is 2.20. The first kappa shape index (κ1) is 7.19. The Balaban J connectivity index is 3.16. The smallest absolute Gasteiger partial charge is 0.359 e. The van der Waals surface area contributed by atoms with Crippen LogP contribution in [0, 0.1) is 0 Å². The third kappa shape index (κ3) is 1.16. The second-order valence-corrected chi connectivity index (χ2v) is 1.63. The number of rotatable bonds is 2. The maximum Gasteiger partial charge on any atom is 0.359 e. The van der Waals surface area contributed by atoms with Gasteiger partial charge in [0.15, 0.2) is 0 Å². The summed E-state index contributed by atoms with van der Waals surface area (Å²) < 4.78 is 0. The molecule has 11 heavy (non-hydrogen) atoms. The quantitative estimate of drug-likeness (QED) is 0.517. The van der Waals surface area contributed by atoms with E-state index in [1.165, 1.54) is 0 Å². The van der Waals surface area contributed by atoms with Crippen LogP contribution >= 0.6 is 0 Å². The van der Waals surface area contributed by atoms with Crippen LogP contribution in [0.2, 0.25) is 0 Å². The van der Waals surface area contributed by atoms with E-state index >= 15 is 0 Å². The standard InChI is InChI=1S/C4H3N3O4/c8-3(9)1-2(4(10)11)6-7-5-1/h(H,8,9)(H,10,11)(H,5,6,7). The molecular formula is C4H3N3O4. The van der Waals surface area contributed by atoms with Crippen LogP contribution in [-0.4, -0.2) is 37.6 Å². The Morgan fingerprint density at radius 2 is 1.45 bits per heavy atom. The van der Waals surface area contributed by atoms with Crippen molar-refractivity contribution < 1.29 is 19.8 Å². The van der Waals surface area contributed by atoms with Crippen LogP contribution in [-0.2, 0) is 0 Å². The zero-order valence-corrected chi connectivity index (χ0v) is 5.11. The Labute approximate surface area is 59.7 Å². The van der Waals surface area contributed by atoms with E-state index in [9.17, 15) is 9.59 Å². The summed E-state index contributed by atoms with van der Waals surface area (Å²) in [5.74, 6) is -2.84. The van der Waals surface area contributed by atoms with Crippen LogP contribution in [0.15, 0.2) is 0 Å². The second-order valence-electron chi connectivity index (χ2n) is 1.63. The maximum absolute atomic E-state index is 10.2. The maximum atomic E-state index is 10.2. The molecule has 58 valence electrons. The van der Waals surface area contributed by atoms with Gasteiger partial charge < -0.3 is 10.2 Å². The zero-order valence-electron chi connectivity index (χ0n) is 5.11. The molecule has 0 aliphatic rings. The van der Waals surface area contributed by atoms with Gasteiger partial charge in [-0.25, -0.2) is 9.59 Å². The summed E-state index contributed by atoms with van der Waals surface area (Å²) in [5.41, 5.74) is -1.17. The molecule has 0 fully saturated rings. The van der Waals surface area contributed by atoms with E-state index in [0.717, 1.165) is 0 Å². The number of aromatic carboxylic acids is 2. The molecule has 0 saturated heterocycles. The molecule has 0 saturated carbocycles. The molecule has 0 aromatic carbocycles. The Morgan fingerprint density at radius 1 is 1.09 bits per heavy atom. The molecule has 7 nitrogen and oxygen atoms in total. The number of hydrogen-bond acceptors (Lipinski definition) is 4. The van der Waals surface area contributed by atoms with Gasteiger partial charge in [0.2, 0.25) is 11.4 Å². The SMILES string of the molecule is O=C(O)c1n[nH]nc1C(=O)O. The van der Waals surface area contributed by atoms with Crippen molar-refractivity contribution >= 4 is 11.9 Å². The average molecular weight is 157 g/mol. The van der Waals surface area contributed by atoms with Crippen molar-refractivity contribution in [2.45, 2.75) is 0 Å². The van der Waals surface area contributed by atoms with E-state index in [1.807, 2.05) is 5.21 Å². The number of carboxylic acids is 2. The van der Waals surface area contributed by atoms with Gasteiger partial charge in [-0.15, -0.1) is 10.2 Å². The highest BCUT2D eigenvalue weighted by Crippen LogP contribution is 1.99. The molecular weight excluding hydrogens is 154 g/mol. The number of carboxylic acid groups (broad SMARTS) is 2. The first-order valence-electron chi connectivity index (χ1n) is 2.50. The van der Waals surface area contributed by atoms with E-state index in [2.05, 4.69) is 10.2 Å². The third-order valence-electron chi connectivity index (χ3n) is 0.953. The minimum atomic E-state index is -1.42. The predicted octanol–water partition coefficient (Wildman–Crippen LogP) is -0.799. The lowest BCUT2D eigenvalue weighted by atomic mass is 10.3. The van der Waals surface area contributed by atoms with E-state index in [1.54, 1.807) is 0 Å². The van der Waals surface area contributed by atoms with Gasteiger partial charge in [-0.2, -0.15) is 5.21 Å². The summed E-state index contributed by atoms with van der Waals surface area (Å²) in [6.07, 6.45) is 0. The van der Waals surface area contributed by atoms with Gasteiger partial charge in [-0.3, -0.25) is 0 Å². The topological polar surface area (TPSA) is 116 Å². The number of nitrogens with one attached hydrogen (secondary N) is 1. The molecule has 3 N–H and O–H groups in total. The minimum Gasteiger partial charge on any atom is -0.476 e. The van der Waals surface area contributed by atoms with Crippen LogP contribution in [0.4, 0.5) is 0 Å². The van der Waals surface area contributed by atoms with Crippen LogP contribution in [0.3, 0.4) is 0 Å². The van der Waals surface area contributed by atoms with E-state index in [4.69, 9.17) is 10.2 Å². The molecule has 1 aromatic rings. The average Bonchev–Trinajstić information content (AvgIpc) is 2.32. The molecule has 0 bridgehead atoms. The van der Waals surface area contributed by atoms with Crippen molar-refractivity contribution in [1.82, 2.24) is 15.4 Å². The van der Waals surface area contributed by atoms with Crippen molar-refractivity contribution in [3.05, 3.63) is 11.4 Å². The van der Waals surface area contributed by atoms with E-state index < -0.39 is 23.3 Å². The van der Waals surface area contributed by atoms with Crippen LogP contribution in [0.25, 0.3) is 0 Å². The van der Waals surface area contributed by atoms with Gasteiger partial charge in [0, 0.05) is 0 Å². The van der Waals surface area contributed by atoms with E-state index in [-0.39, 0.29) is 0 Å². The summed E-state index contributed by atoms with van der Waals surface area (Å²) in [7, 11) is 0. The van der Waals surface area contributed by atoms with Crippen LogP contribution in [0.1, 0.15) is 21.0 Å². The summed E-state index contributed by atoms with van der Waals surface area (Å²) in [6.45, 7) is 0. The fourth-order valence-corrected chi connectivity index (χ4v) is 0.529. The summed E-state index contributed by atoms with van der Waals surface area (Å²) in [6, 6.07) is 0. The summed E-state index contributed by atoms with van der Waals surface area (Å²) in [5, 5.41) is 24.8. The van der Waals surface area contributed by atoms with Crippen molar-refractivity contribution in [1.29, 1.82) is 0 Å². The highest BCUT2D eigenvalue weighted by molar-refractivity contribution is 5.98. The summed E-state index contributed by atoms with van der Waals surface area (Å²) in [4.78, 5) is 20.4. The van der Waals surface area contributed by atoms with Gasteiger partial charge in [-0.1, -0.05) is 0 Å². The number of aromatic nitrogens is 3. The largest absolute Gasteiger partial charge is 0.476 e. The van der Waals surface area contributed by atoms with Crippen LogP contribution < -0.4 is 0 Å². The van der Waals surface area contributed by atoms with Gasteiger partial charge in [0.1, 0.15) is 0 Å². The molecule has 0 aliphatic heterocycles. The first-order chi connectivity index (χ1) is 5.13. The number of hydrogen-bond donors (Lipinski definition) is 3. The number of H-pyrrole nitrogens is 1. The molecule has 0 atom stereocenters. The Bertz CT molecular complexity index is 276. The Morgan fingerprint density at radius 3 is 1.73 bits per heavy atom. The van der Waals surface area contributed by atoms with Gasteiger partial charge in [-0.05, 0) is 0 Å². The number of nitrogens with zero attached hydrogens (tertiary/aromatic N) is 2. The van der Waals surface area contributed by atoms with Gasteiger partial charge in [0.25, 0.3) is 0 Å². The Kier molecular flexibility index (Phi) is 1.55. The molecule has 0 spiro atoms. The van der Waals surface area contributed by atoms with E-state index in [0.29, 0.717) is 0 Å². The number of aromatic amines is 1. The van der Waals surface area contributed by atoms with Gasteiger partial charge in [0.05, 0.1) is 0 Å². The molecule has 0 radical (unpaired) electrons. The van der Waals surface area contributed by atoms with Crippen molar-refractivity contribution in [2.24, 2.45) is 0 Å². The normalized spacial score (nSPS) is 9.45. The van der Waals surface area contributed by atoms with Gasteiger partial charge >= 0.3 is 11.9 Å². The van der Waals surface area contributed by atoms with Crippen LogP contribution in [0.5, 0.6) is 0 Å². The Hall–Kier alpha value is -1.92. The monoisotopic (exact) mass is 157 g/mol. The lowest BCUT2D eigenvalue weighted by Gasteiger charge is -1.85.